The van der Waals surface area contributed by atoms with Crippen LogP contribution in [0, 0.1) is 30.5 Å². The van der Waals surface area contributed by atoms with Crippen molar-refractivity contribution < 1.29 is 18.7 Å². The Morgan fingerprint density at radius 1 is 1.15 bits per heavy atom. The molecule has 0 aliphatic heterocycles. The predicted molar refractivity (Wildman–Crippen MR) is 105 cm³/mol. The summed E-state index contributed by atoms with van der Waals surface area (Å²) in [6.45, 7) is 7.66. The summed E-state index contributed by atoms with van der Waals surface area (Å²) in [7, 11) is 0. The third kappa shape index (κ3) is 6.49. The first-order chi connectivity index (χ1) is 13.1. The van der Waals surface area contributed by atoms with Gasteiger partial charge in [-0.1, -0.05) is 32.8 Å². The number of hydrogen-bond donors (Lipinski definition) is 1. The Labute approximate surface area is 162 Å². The molecule has 3 aliphatic rings. The molecule has 4 rings (SSSR count). The van der Waals surface area contributed by atoms with Gasteiger partial charge in [-0.2, -0.15) is 0 Å². The lowest BCUT2D eigenvalue weighted by Gasteiger charge is -2.41. The molecule has 1 aromatic rings. The molecule has 1 atom stereocenters. The van der Waals surface area contributed by atoms with E-state index in [4.69, 9.17) is 9.47 Å². The van der Waals surface area contributed by atoms with Gasteiger partial charge in [0.05, 0.1) is 13.2 Å². The highest BCUT2D eigenvalue weighted by Crippen LogP contribution is 2.44. The highest BCUT2D eigenvalue weighted by atomic mass is 19.1. The number of aryl methyl sites for hydroxylation is 1. The number of ether oxygens (including phenoxy) is 2. The molecule has 0 saturated heterocycles. The van der Waals surface area contributed by atoms with Crippen LogP contribution in [0.3, 0.4) is 0 Å². The molecule has 2 bridgehead atoms. The van der Waals surface area contributed by atoms with E-state index in [1.54, 1.807) is 6.07 Å². The van der Waals surface area contributed by atoms with Gasteiger partial charge in [-0.05, 0) is 49.7 Å². The third-order valence-corrected chi connectivity index (χ3v) is 5.57. The van der Waals surface area contributed by atoms with Crippen molar-refractivity contribution in [2.45, 2.75) is 52.9 Å². The highest BCUT2D eigenvalue weighted by molar-refractivity contribution is 5.79. The molecule has 5 heteroatoms. The highest BCUT2D eigenvalue weighted by Gasteiger charge is 2.39. The molecule has 0 spiro atoms. The second kappa shape index (κ2) is 11.3. The predicted octanol–water partition coefficient (Wildman–Crippen LogP) is 4.50. The van der Waals surface area contributed by atoms with Crippen LogP contribution in [0.15, 0.2) is 18.2 Å². The standard InChI is InChI=1S/C20H28FNO3.C2H6/c1-14-2-7-17(21)13-19(14)25-11-10-24-9-8-22-20(23)18-12-15-3-5-16(18)6-4-15;1-2/h2,7,13,15-16,18H,3-6,8-12H2,1H3,(H,22,23);1-2H3. The fraction of sp³-hybridized carbons (Fsp3) is 0.682. The van der Waals surface area contributed by atoms with Crippen molar-refractivity contribution in [1.29, 1.82) is 0 Å². The van der Waals surface area contributed by atoms with Crippen LogP contribution in [0.5, 0.6) is 5.75 Å². The molecule has 4 nitrogen and oxygen atoms in total. The van der Waals surface area contributed by atoms with Gasteiger partial charge < -0.3 is 14.8 Å². The van der Waals surface area contributed by atoms with Crippen LogP contribution in [-0.4, -0.2) is 32.3 Å². The van der Waals surface area contributed by atoms with Gasteiger partial charge in [0.2, 0.25) is 5.91 Å². The normalized spacial score (nSPS) is 23.3. The van der Waals surface area contributed by atoms with Gasteiger partial charge in [0.15, 0.2) is 0 Å². The van der Waals surface area contributed by atoms with Gasteiger partial charge in [-0.25, -0.2) is 4.39 Å². The molecule has 1 unspecified atom stereocenters. The van der Waals surface area contributed by atoms with E-state index < -0.39 is 0 Å². The first-order valence-corrected chi connectivity index (χ1v) is 10.4. The van der Waals surface area contributed by atoms with Gasteiger partial charge in [-0.3, -0.25) is 4.79 Å². The molecule has 27 heavy (non-hydrogen) atoms. The largest absolute Gasteiger partial charge is 0.491 e. The summed E-state index contributed by atoms with van der Waals surface area (Å²) in [4.78, 5) is 12.3. The van der Waals surface area contributed by atoms with E-state index >= 15 is 0 Å². The van der Waals surface area contributed by atoms with Crippen molar-refractivity contribution in [1.82, 2.24) is 5.32 Å². The minimum Gasteiger partial charge on any atom is -0.491 e. The molecule has 1 N–H and O–H groups in total. The topological polar surface area (TPSA) is 47.6 Å². The number of hydrogen-bond acceptors (Lipinski definition) is 3. The zero-order valence-corrected chi connectivity index (χ0v) is 16.9. The van der Waals surface area contributed by atoms with E-state index in [1.165, 1.54) is 37.8 Å². The third-order valence-electron chi connectivity index (χ3n) is 5.57. The maximum absolute atomic E-state index is 13.2. The number of rotatable bonds is 8. The lowest BCUT2D eigenvalue weighted by Crippen LogP contribution is -2.42. The SMILES string of the molecule is CC.Cc1ccc(F)cc1OCCOCCNC(=O)C1CC2CCC1CC2. The summed E-state index contributed by atoms with van der Waals surface area (Å²) in [5.74, 6) is 2.01. The van der Waals surface area contributed by atoms with Crippen molar-refractivity contribution in [2.75, 3.05) is 26.4 Å². The molecule has 3 fully saturated rings. The average Bonchev–Trinajstić information content (AvgIpc) is 2.72. The van der Waals surface area contributed by atoms with E-state index in [0.29, 0.717) is 38.0 Å². The summed E-state index contributed by atoms with van der Waals surface area (Å²) in [5, 5.41) is 3.01. The maximum Gasteiger partial charge on any atom is 0.223 e. The fourth-order valence-electron chi connectivity index (χ4n) is 4.12. The van der Waals surface area contributed by atoms with Crippen LogP contribution < -0.4 is 10.1 Å². The minimum absolute atomic E-state index is 0.199. The average molecular weight is 380 g/mol. The van der Waals surface area contributed by atoms with Gasteiger partial charge in [0, 0.05) is 18.5 Å². The summed E-state index contributed by atoms with van der Waals surface area (Å²) >= 11 is 0. The van der Waals surface area contributed by atoms with Crippen molar-refractivity contribution >= 4 is 5.91 Å². The Balaban J connectivity index is 0.00000126. The maximum atomic E-state index is 13.2. The second-order valence-electron chi connectivity index (χ2n) is 7.28. The van der Waals surface area contributed by atoms with Crippen LogP contribution >= 0.6 is 0 Å². The van der Waals surface area contributed by atoms with Crippen molar-refractivity contribution in [3.63, 3.8) is 0 Å². The van der Waals surface area contributed by atoms with Crippen LogP contribution in [0.25, 0.3) is 0 Å². The van der Waals surface area contributed by atoms with E-state index in [-0.39, 0.29) is 17.6 Å². The lowest BCUT2D eigenvalue weighted by atomic mass is 9.64. The molecular weight excluding hydrogens is 345 g/mol. The van der Waals surface area contributed by atoms with Crippen molar-refractivity contribution in [2.24, 2.45) is 17.8 Å². The molecule has 152 valence electrons. The molecule has 0 heterocycles. The van der Waals surface area contributed by atoms with E-state index in [9.17, 15) is 9.18 Å². The zero-order valence-electron chi connectivity index (χ0n) is 16.9. The van der Waals surface area contributed by atoms with Crippen molar-refractivity contribution in [3.05, 3.63) is 29.6 Å². The molecule has 3 saturated carbocycles. The zero-order chi connectivity index (χ0) is 19.6. The number of fused-ring (bicyclic) bond motifs is 3. The van der Waals surface area contributed by atoms with Gasteiger partial charge in [0.1, 0.15) is 18.2 Å². The van der Waals surface area contributed by atoms with E-state index in [2.05, 4.69) is 5.32 Å². The number of amides is 1. The van der Waals surface area contributed by atoms with Crippen LogP contribution in [0.4, 0.5) is 4.39 Å². The number of carbonyl (C=O) groups excluding carboxylic acids is 1. The molecule has 0 aromatic heterocycles. The van der Waals surface area contributed by atoms with Crippen LogP contribution in [-0.2, 0) is 9.53 Å². The monoisotopic (exact) mass is 379 g/mol. The molecule has 1 aromatic carbocycles. The first-order valence-electron chi connectivity index (χ1n) is 10.4. The number of nitrogens with one attached hydrogen (secondary N) is 1. The summed E-state index contributed by atoms with van der Waals surface area (Å²) in [5.41, 5.74) is 0.899. The molecule has 0 radical (unpaired) electrons. The van der Waals surface area contributed by atoms with Crippen LogP contribution in [0.1, 0.15) is 51.5 Å². The summed E-state index contributed by atoms with van der Waals surface area (Å²) < 4.78 is 24.2. The van der Waals surface area contributed by atoms with E-state index in [0.717, 1.165) is 17.9 Å². The Kier molecular flexibility index (Phi) is 9.05. The Bertz CT molecular complexity index is 585. The quantitative estimate of drug-likeness (QED) is 0.677. The smallest absolute Gasteiger partial charge is 0.223 e. The summed E-state index contributed by atoms with van der Waals surface area (Å²) in [6, 6.07) is 4.49. The Hall–Kier alpha value is -1.62. The Morgan fingerprint density at radius 2 is 1.89 bits per heavy atom. The molecule has 1 amide bonds. The van der Waals surface area contributed by atoms with Gasteiger partial charge in [0.25, 0.3) is 0 Å². The molecule has 3 aliphatic carbocycles. The lowest BCUT2D eigenvalue weighted by molar-refractivity contribution is -0.130. The first kappa shape index (κ1) is 21.7. The van der Waals surface area contributed by atoms with Crippen molar-refractivity contribution in [3.8, 4) is 5.75 Å². The second-order valence-corrected chi connectivity index (χ2v) is 7.28. The van der Waals surface area contributed by atoms with Crippen LogP contribution in [0.2, 0.25) is 0 Å². The number of carbonyl (C=O) groups is 1. The minimum atomic E-state index is -0.305. The van der Waals surface area contributed by atoms with E-state index in [1.807, 2.05) is 20.8 Å². The number of halogens is 1. The summed E-state index contributed by atoms with van der Waals surface area (Å²) in [6.07, 6.45) is 6.12. The fourth-order valence-corrected chi connectivity index (χ4v) is 4.12. The van der Waals surface area contributed by atoms with Gasteiger partial charge >= 0.3 is 0 Å². The Morgan fingerprint density at radius 3 is 2.56 bits per heavy atom. The number of benzene rings is 1. The van der Waals surface area contributed by atoms with Gasteiger partial charge in [-0.15, -0.1) is 0 Å². The molecular formula is C22H34FNO3.